The lowest BCUT2D eigenvalue weighted by Crippen LogP contribution is -2.99. The van der Waals surface area contributed by atoms with Gasteiger partial charge < -0.3 is 10.3 Å². The summed E-state index contributed by atoms with van der Waals surface area (Å²) in [5.41, 5.74) is 0.651. The molecule has 0 saturated heterocycles. The SMILES string of the molecule is O=P(Nc1cccc([NH+]([O-])O)c1)(c1ccccc1)c1ccccc1. The van der Waals surface area contributed by atoms with E-state index in [0.717, 1.165) is 0 Å². The number of anilines is 1. The van der Waals surface area contributed by atoms with Crippen LogP contribution < -0.4 is 20.9 Å². The Bertz CT molecular complexity index is 811. The lowest BCUT2D eigenvalue weighted by Gasteiger charge is -2.22. The normalized spacial score (nSPS) is 12.6. The molecule has 0 bridgehead atoms. The van der Waals surface area contributed by atoms with Gasteiger partial charge >= 0.3 is 0 Å². The van der Waals surface area contributed by atoms with E-state index in [1.54, 1.807) is 12.1 Å². The van der Waals surface area contributed by atoms with Crippen molar-refractivity contribution in [2.45, 2.75) is 0 Å². The van der Waals surface area contributed by atoms with Gasteiger partial charge in [0.25, 0.3) is 0 Å². The molecule has 0 radical (unpaired) electrons. The summed E-state index contributed by atoms with van der Waals surface area (Å²) >= 11 is 0. The third kappa shape index (κ3) is 3.40. The van der Waals surface area contributed by atoms with E-state index in [-0.39, 0.29) is 5.69 Å². The number of rotatable bonds is 5. The Balaban J connectivity index is 2.07. The van der Waals surface area contributed by atoms with Crippen molar-refractivity contribution in [3.8, 4) is 0 Å². The van der Waals surface area contributed by atoms with Crippen molar-refractivity contribution in [2.75, 3.05) is 5.09 Å². The van der Waals surface area contributed by atoms with Crippen molar-refractivity contribution in [1.82, 2.24) is 0 Å². The molecule has 0 aliphatic heterocycles. The van der Waals surface area contributed by atoms with Gasteiger partial charge in [-0.3, -0.25) is 4.57 Å². The van der Waals surface area contributed by atoms with Gasteiger partial charge in [-0.15, -0.1) is 0 Å². The molecule has 3 rings (SSSR count). The summed E-state index contributed by atoms with van der Waals surface area (Å²) < 4.78 is 13.8. The van der Waals surface area contributed by atoms with Gasteiger partial charge in [0.1, 0.15) is 0 Å². The smallest absolute Gasteiger partial charge is 0.227 e. The van der Waals surface area contributed by atoms with Gasteiger partial charge in [-0.05, 0) is 30.3 Å². The Morgan fingerprint density at radius 3 is 1.88 bits per heavy atom. The van der Waals surface area contributed by atoms with Gasteiger partial charge in [0.2, 0.25) is 7.29 Å². The van der Waals surface area contributed by atoms with Crippen LogP contribution in [0.3, 0.4) is 0 Å². The molecule has 5 nitrogen and oxygen atoms in total. The lowest BCUT2D eigenvalue weighted by atomic mass is 10.3. The quantitative estimate of drug-likeness (QED) is 0.492. The largest absolute Gasteiger partial charge is 0.595 e. The third-order valence-corrected chi connectivity index (χ3v) is 6.26. The van der Waals surface area contributed by atoms with Crippen molar-refractivity contribution in [2.24, 2.45) is 0 Å². The zero-order valence-electron chi connectivity index (χ0n) is 12.8. The molecule has 0 aromatic heterocycles. The van der Waals surface area contributed by atoms with Gasteiger partial charge in [-0.25, -0.2) is 5.21 Å². The van der Waals surface area contributed by atoms with Gasteiger partial charge in [0.05, 0.1) is 0 Å². The van der Waals surface area contributed by atoms with E-state index >= 15 is 0 Å². The van der Waals surface area contributed by atoms with Gasteiger partial charge in [-0.1, -0.05) is 42.5 Å². The minimum Gasteiger partial charge on any atom is -0.595 e. The molecule has 0 aliphatic carbocycles. The Morgan fingerprint density at radius 2 is 1.38 bits per heavy atom. The predicted molar refractivity (Wildman–Crippen MR) is 95.6 cm³/mol. The minimum absolute atomic E-state index is 0.146. The number of hydrogen-bond donors (Lipinski definition) is 3. The standard InChI is InChI=1S/C18H17N2O3P/c21-20(22)16-9-7-8-15(14-16)19-24(23,17-10-3-1-4-11-17)18-12-5-2-6-13-18/h1-14,20-21H,(H,19,23). The Labute approximate surface area is 140 Å². The monoisotopic (exact) mass is 340 g/mol. The first-order valence-electron chi connectivity index (χ1n) is 7.42. The maximum absolute atomic E-state index is 13.8. The van der Waals surface area contributed by atoms with E-state index in [2.05, 4.69) is 5.09 Å². The molecule has 0 spiro atoms. The second-order valence-electron chi connectivity index (χ2n) is 5.28. The minimum atomic E-state index is -3.14. The summed E-state index contributed by atoms with van der Waals surface area (Å²) in [6.07, 6.45) is 0. The second-order valence-corrected chi connectivity index (χ2v) is 7.75. The van der Waals surface area contributed by atoms with Crippen molar-refractivity contribution >= 4 is 29.3 Å². The van der Waals surface area contributed by atoms with Crippen molar-refractivity contribution in [3.63, 3.8) is 0 Å². The fourth-order valence-corrected chi connectivity index (χ4v) is 4.70. The number of hydrogen-bond acceptors (Lipinski definition) is 3. The Morgan fingerprint density at radius 1 is 0.833 bits per heavy atom. The van der Waals surface area contributed by atoms with Gasteiger partial charge in [0, 0.05) is 28.4 Å². The lowest BCUT2D eigenvalue weighted by molar-refractivity contribution is -0.991. The van der Waals surface area contributed by atoms with Crippen molar-refractivity contribution < 1.29 is 15.0 Å². The molecule has 3 aromatic carbocycles. The molecule has 0 fully saturated rings. The molecule has 1 atom stereocenters. The molecule has 0 saturated carbocycles. The molecule has 3 aromatic rings. The van der Waals surface area contributed by atoms with Crippen LogP contribution in [0.25, 0.3) is 0 Å². The first kappa shape index (κ1) is 16.4. The zero-order valence-corrected chi connectivity index (χ0v) is 13.7. The molecule has 6 heteroatoms. The number of benzene rings is 3. The third-order valence-electron chi connectivity index (χ3n) is 3.64. The fourth-order valence-electron chi connectivity index (χ4n) is 2.46. The summed E-state index contributed by atoms with van der Waals surface area (Å²) in [5, 5.41) is 23.7. The summed E-state index contributed by atoms with van der Waals surface area (Å²) in [6, 6.07) is 24.6. The van der Waals surface area contributed by atoms with Crippen LogP contribution in [0, 0.1) is 5.21 Å². The van der Waals surface area contributed by atoms with Crippen LogP contribution in [-0.4, -0.2) is 5.21 Å². The topological polar surface area (TPSA) is 76.8 Å². The molecule has 0 amide bonds. The van der Waals surface area contributed by atoms with E-state index in [1.165, 1.54) is 12.1 Å². The highest BCUT2D eigenvalue weighted by Gasteiger charge is 2.27. The van der Waals surface area contributed by atoms with Crippen LogP contribution >= 0.6 is 7.29 Å². The zero-order chi connectivity index (χ0) is 17.0. The van der Waals surface area contributed by atoms with E-state index in [4.69, 9.17) is 5.21 Å². The summed E-state index contributed by atoms with van der Waals surface area (Å²) in [7, 11) is -3.14. The van der Waals surface area contributed by atoms with Crippen LogP contribution in [0.15, 0.2) is 84.9 Å². The van der Waals surface area contributed by atoms with Gasteiger partial charge in [0.15, 0.2) is 5.69 Å². The van der Waals surface area contributed by atoms with E-state index in [0.29, 0.717) is 16.3 Å². The molecule has 0 aliphatic rings. The molecule has 122 valence electrons. The predicted octanol–water partition coefficient (Wildman–Crippen LogP) is 2.43. The van der Waals surface area contributed by atoms with Crippen LogP contribution in [-0.2, 0) is 4.57 Å². The summed E-state index contributed by atoms with van der Waals surface area (Å²) in [6.45, 7) is 0. The van der Waals surface area contributed by atoms with E-state index in [1.807, 2.05) is 60.7 Å². The average Bonchev–Trinajstić information content (AvgIpc) is 2.63. The summed E-state index contributed by atoms with van der Waals surface area (Å²) in [5.74, 6) is 0. The highest BCUT2D eigenvalue weighted by Crippen LogP contribution is 2.43. The summed E-state index contributed by atoms with van der Waals surface area (Å²) in [4.78, 5) is 0. The van der Waals surface area contributed by atoms with E-state index in [9.17, 15) is 9.77 Å². The first-order valence-corrected chi connectivity index (χ1v) is 9.13. The molecular formula is C18H17N2O3P. The second kappa shape index (κ2) is 6.99. The molecule has 0 heterocycles. The highest BCUT2D eigenvalue weighted by atomic mass is 31.2. The molecule has 1 unspecified atom stereocenters. The average molecular weight is 340 g/mol. The highest BCUT2D eigenvalue weighted by molar-refractivity contribution is 7.80. The maximum atomic E-state index is 13.8. The van der Waals surface area contributed by atoms with Crippen LogP contribution in [0.4, 0.5) is 11.4 Å². The number of quaternary nitrogens is 1. The maximum Gasteiger partial charge on any atom is 0.227 e. The Hall–Kier alpha value is -2.43. The van der Waals surface area contributed by atoms with Crippen LogP contribution in [0.1, 0.15) is 0 Å². The Kier molecular flexibility index (Phi) is 4.79. The molecule has 3 N–H and O–H groups in total. The number of nitrogens with one attached hydrogen (secondary N) is 2. The van der Waals surface area contributed by atoms with Crippen LogP contribution in [0.5, 0.6) is 0 Å². The molecular weight excluding hydrogens is 323 g/mol. The van der Waals surface area contributed by atoms with Gasteiger partial charge in [-0.2, -0.15) is 5.23 Å². The molecule has 24 heavy (non-hydrogen) atoms. The van der Waals surface area contributed by atoms with Crippen LogP contribution in [0.2, 0.25) is 0 Å². The van der Waals surface area contributed by atoms with Crippen molar-refractivity contribution in [1.29, 1.82) is 0 Å². The van der Waals surface area contributed by atoms with E-state index < -0.39 is 12.5 Å². The van der Waals surface area contributed by atoms with Crippen molar-refractivity contribution in [3.05, 3.63) is 90.1 Å². The fraction of sp³-hybridized carbons (Fsp3) is 0. The first-order chi connectivity index (χ1) is 11.6.